The molecule has 9 nitrogen and oxygen atoms in total. The molecule has 2 aromatic carbocycles. The molecule has 11 heteroatoms. The fourth-order valence-electron chi connectivity index (χ4n) is 6.24. The van der Waals surface area contributed by atoms with Crippen molar-refractivity contribution in [2.45, 2.75) is 36.1 Å². The van der Waals surface area contributed by atoms with E-state index in [0.717, 1.165) is 17.5 Å². The number of thiocarbonyl (C=S) groups is 1. The second-order valence-corrected chi connectivity index (χ2v) is 11.6. The monoisotopic (exact) mass is 548 g/mol. The van der Waals surface area contributed by atoms with Crippen LogP contribution >= 0.6 is 24.0 Å². The van der Waals surface area contributed by atoms with E-state index in [-0.39, 0.29) is 24.0 Å². The molecule has 0 saturated carbocycles. The first-order chi connectivity index (χ1) is 18.2. The van der Waals surface area contributed by atoms with Crippen LogP contribution < -0.4 is 5.32 Å². The number of hydrogen-bond acceptors (Lipinski definition) is 8. The summed E-state index contributed by atoms with van der Waals surface area (Å²) in [7, 11) is 1.83. The lowest BCUT2D eigenvalue weighted by atomic mass is 9.71. The van der Waals surface area contributed by atoms with Crippen LogP contribution in [0.5, 0.6) is 0 Å². The van der Waals surface area contributed by atoms with Gasteiger partial charge in [0.1, 0.15) is 14.8 Å². The molecule has 6 rings (SSSR count). The molecule has 3 aliphatic heterocycles. The number of nitro benzene ring substituents is 1. The van der Waals surface area contributed by atoms with E-state index in [0.29, 0.717) is 27.9 Å². The minimum atomic E-state index is -1.40. The first kappa shape index (κ1) is 24.8. The zero-order chi connectivity index (χ0) is 26.8. The maximum Gasteiger partial charge on any atom is 0.269 e. The van der Waals surface area contributed by atoms with Crippen molar-refractivity contribution in [2.75, 3.05) is 18.9 Å². The number of benzene rings is 2. The highest BCUT2D eigenvalue weighted by atomic mass is 32.2. The maximum absolute atomic E-state index is 14.7. The zero-order valence-corrected chi connectivity index (χ0v) is 22.3. The molecule has 0 radical (unpaired) electrons. The number of aryl methyl sites for hydroxylation is 1. The van der Waals surface area contributed by atoms with Crippen molar-refractivity contribution in [3.05, 3.63) is 93.4 Å². The molecular weight excluding hydrogens is 524 g/mol. The molecule has 1 aromatic heterocycles. The Bertz CT molecular complexity index is 1510. The molecule has 3 atom stereocenters. The van der Waals surface area contributed by atoms with Crippen LogP contribution in [-0.4, -0.2) is 49.2 Å². The summed E-state index contributed by atoms with van der Waals surface area (Å²) in [5, 5.41) is 14.7. The Morgan fingerprint density at radius 3 is 2.74 bits per heavy atom. The van der Waals surface area contributed by atoms with Gasteiger partial charge < -0.3 is 9.73 Å². The van der Waals surface area contributed by atoms with Gasteiger partial charge in [-0.2, -0.15) is 0 Å². The number of amides is 2. The number of nitrogens with zero attached hydrogens (tertiary/aromatic N) is 3. The molecule has 2 saturated heterocycles. The van der Waals surface area contributed by atoms with Gasteiger partial charge in [-0.05, 0) is 42.8 Å². The Morgan fingerprint density at radius 1 is 1.21 bits per heavy atom. The minimum Gasteiger partial charge on any atom is -0.467 e. The molecule has 2 spiro atoms. The highest BCUT2D eigenvalue weighted by molar-refractivity contribution is 8.25. The summed E-state index contributed by atoms with van der Waals surface area (Å²) in [4.78, 5) is 43.5. The Morgan fingerprint density at radius 2 is 2.03 bits per heavy atom. The third-order valence-electron chi connectivity index (χ3n) is 7.93. The van der Waals surface area contributed by atoms with Crippen molar-refractivity contribution in [2.24, 2.45) is 0 Å². The normalized spacial score (nSPS) is 26.5. The summed E-state index contributed by atoms with van der Waals surface area (Å²) >= 11 is 6.99. The lowest BCUT2D eigenvalue weighted by molar-refractivity contribution is -0.384. The van der Waals surface area contributed by atoms with Gasteiger partial charge in [0.25, 0.3) is 11.6 Å². The van der Waals surface area contributed by atoms with Crippen LogP contribution in [0.25, 0.3) is 0 Å². The fraction of sp³-hybridized carbons (Fsp3) is 0.296. The molecule has 3 aromatic rings. The predicted octanol–water partition coefficient (Wildman–Crippen LogP) is 4.43. The van der Waals surface area contributed by atoms with Crippen LogP contribution in [0.2, 0.25) is 0 Å². The molecule has 2 amide bonds. The Hall–Kier alpha value is -3.54. The Labute approximate surface area is 228 Å². The molecule has 38 heavy (non-hydrogen) atoms. The van der Waals surface area contributed by atoms with Gasteiger partial charge in [-0.25, -0.2) is 0 Å². The molecule has 2 fully saturated rings. The van der Waals surface area contributed by atoms with Gasteiger partial charge in [-0.15, -0.1) is 0 Å². The van der Waals surface area contributed by atoms with Gasteiger partial charge in [0.15, 0.2) is 5.54 Å². The Kier molecular flexibility index (Phi) is 5.71. The SMILES string of the molecule is CCc1ccc2c(c1)C1(C(=O)N2)N(C)CC(c2cccc([N+](=O)[O-])c2)C12SC(=S)N(Cc1ccco1)C2=O. The van der Waals surface area contributed by atoms with Gasteiger partial charge in [-0.3, -0.25) is 29.5 Å². The molecule has 0 aliphatic carbocycles. The standard InChI is InChI=1S/C27H24N4O5S2/c1-3-16-9-10-22-20(12-16)26(23(32)28-22)27(24(33)30(25(37)38-27)14-19-8-5-11-36-19)21(15-29(26)2)17-6-4-7-18(13-17)31(34)35/h4-13,21H,3,14-15H2,1-2H3,(H,28,32). The quantitative estimate of drug-likeness (QED) is 0.284. The van der Waals surface area contributed by atoms with Crippen molar-refractivity contribution in [1.29, 1.82) is 0 Å². The van der Waals surface area contributed by atoms with Crippen LogP contribution in [0, 0.1) is 10.1 Å². The third-order valence-corrected chi connectivity index (χ3v) is 9.87. The van der Waals surface area contributed by atoms with Crippen LogP contribution in [0.15, 0.2) is 65.3 Å². The first-order valence-electron chi connectivity index (χ1n) is 12.2. The van der Waals surface area contributed by atoms with E-state index in [4.69, 9.17) is 16.6 Å². The number of rotatable bonds is 5. The van der Waals surface area contributed by atoms with Gasteiger partial charge in [0.05, 0.1) is 17.7 Å². The van der Waals surface area contributed by atoms with E-state index >= 15 is 0 Å². The summed E-state index contributed by atoms with van der Waals surface area (Å²) in [5.74, 6) is -0.615. The summed E-state index contributed by atoms with van der Waals surface area (Å²) in [6.45, 7) is 2.49. The zero-order valence-electron chi connectivity index (χ0n) is 20.7. The van der Waals surface area contributed by atoms with Crippen molar-refractivity contribution >= 4 is 51.5 Å². The summed E-state index contributed by atoms with van der Waals surface area (Å²) in [6.07, 6.45) is 2.29. The second-order valence-electron chi connectivity index (χ2n) is 9.76. The number of fused-ring (bicyclic) bond motifs is 3. The van der Waals surface area contributed by atoms with E-state index in [1.165, 1.54) is 35.1 Å². The summed E-state index contributed by atoms with van der Waals surface area (Å²) in [5.41, 5.74) is 1.57. The number of carbonyl (C=O) groups excluding carboxylic acids is 2. The van der Waals surface area contributed by atoms with Crippen molar-refractivity contribution < 1.29 is 18.9 Å². The van der Waals surface area contributed by atoms with Crippen LogP contribution in [0.1, 0.15) is 35.3 Å². The first-order valence-corrected chi connectivity index (χ1v) is 13.4. The molecule has 0 bridgehead atoms. The Balaban J connectivity index is 1.60. The number of nitrogens with one attached hydrogen (secondary N) is 1. The summed E-state index contributed by atoms with van der Waals surface area (Å²) < 4.78 is 4.45. The second kappa shape index (κ2) is 8.75. The van der Waals surface area contributed by atoms with E-state index in [1.807, 2.05) is 37.1 Å². The van der Waals surface area contributed by atoms with Gasteiger partial charge in [-0.1, -0.05) is 55.2 Å². The number of non-ortho nitro benzene ring substituents is 1. The van der Waals surface area contributed by atoms with Gasteiger partial charge >= 0.3 is 0 Å². The largest absolute Gasteiger partial charge is 0.467 e. The molecule has 4 heterocycles. The van der Waals surface area contributed by atoms with Crippen LogP contribution in [0.3, 0.4) is 0 Å². The number of furan rings is 1. The minimum absolute atomic E-state index is 0.0729. The average Bonchev–Trinajstić information content (AvgIpc) is 3.64. The van der Waals surface area contributed by atoms with Gasteiger partial charge in [0, 0.05) is 35.8 Å². The number of hydrogen-bond donors (Lipinski definition) is 1. The average molecular weight is 549 g/mol. The topological polar surface area (TPSA) is 109 Å². The van der Waals surface area contributed by atoms with Crippen molar-refractivity contribution in [1.82, 2.24) is 9.80 Å². The molecule has 194 valence electrons. The highest BCUT2D eigenvalue weighted by Gasteiger charge is 2.77. The van der Waals surface area contributed by atoms with Crippen molar-refractivity contribution in [3.8, 4) is 0 Å². The van der Waals surface area contributed by atoms with E-state index < -0.39 is 21.1 Å². The number of thioether (sulfide) groups is 1. The highest BCUT2D eigenvalue weighted by Crippen LogP contribution is 2.66. The number of carbonyl (C=O) groups is 2. The lowest BCUT2D eigenvalue weighted by Crippen LogP contribution is -2.61. The number of likely N-dealkylation sites (tertiary alicyclic amines) is 1. The smallest absolute Gasteiger partial charge is 0.269 e. The summed E-state index contributed by atoms with van der Waals surface area (Å²) in [6, 6.07) is 15.7. The lowest BCUT2D eigenvalue weighted by Gasteiger charge is -2.41. The third kappa shape index (κ3) is 3.18. The molecule has 1 N–H and O–H groups in total. The van der Waals surface area contributed by atoms with Crippen molar-refractivity contribution in [3.63, 3.8) is 0 Å². The van der Waals surface area contributed by atoms with E-state index in [9.17, 15) is 19.7 Å². The maximum atomic E-state index is 14.7. The van der Waals surface area contributed by atoms with Crippen LogP contribution in [-0.2, 0) is 28.1 Å². The molecule has 3 unspecified atom stereocenters. The molecular formula is C27H24N4O5S2. The van der Waals surface area contributed by atoms with E-state index in [2.05, 4.69) is 5.32 Å². The number of nitro groups is 1. The number of likely N-dealkylation sites (N-methyl/N-ethyl adjacent to an activating group) is 1. The number of anilines is 1. The van der Waals surface area contributed by atoms with E-state index in [1.54, 1.807) is 24.3 Å². The fourth-order valence-corrected chi connectivity index (χ4v) is 8.37. The predicted molar refractivity (Wildman–Crippen MR) is 147 cm³/mol. The van der Waals surface area contributed by atoms with Crippen LogP contribution in [0.4, 0.5) is 11.4 Å². The van der Waals surface area contributed by atoms with Gasteiger partial charge in [0.2, 0.25) is 5.91 Å². The molecule has 3 aliphatic rings.